The molecule has 0 saturated heterocycles. The highest BCUT2D eigenvalue weighted by atomic mass is 32.1. The van der Waals surface area contributed by atoms with E-state index in [1.807, 2.05) is 0 Å². The number of hydrogen-bond donors (Lipinski definition) is 3. The highest BCUT2D eigenvalue weighted by Gasteiger charge is 2.05. The van der Waals surface area contributed by atoms with Crippen LogP contribution in [0.1, 0.15) is 22.3 Å². The van der Waals surface area contributed by atoms with Crippen LogP contribution in [0.3, 0.4) is 0 Å². The fourth-order valence-corrected chi connectivity index (χ4v) is 3.06. The van der Waals surface area contributed by atoms with Crippen molar-refractivity contribution in [3.8, 4) is 0 Å². The molecule has 0 saturated carbocycles. The third-order valence-corrected chi connectivity index (χ3v) is 4.49. The topological polar surface area (TPSA) is 39.8 Å². The fourth-order valence-electron chi connectivity index (χ4n) is 2.85. The van der Waals surface area contributed by atoms with E-state index in [-0.39, 0.29) is 0 Å². The van der Waals surface area contributed by atoms with Gasteiger partial charge in [0.1, 0.15) is 0 Å². The molecule has 0 unspecified atom stereocenters. The highest BCUT2D eigenvalue weighted by molar-refractivity contribution is 7.80. The van der Waals surface area contributed by atoms with Crippen molar-refractivity contribution in [1.82, 2.24) is 10.3 Å². The number of hydrogen-bond acceptors (Lipinski definition) is 1. The minimum Gasteiger partial charge on any atom is -0.362 e. The van der Waals surface area contributed by atoms with Crippen molar-refractivity contribution in [2.24, 2.45) is 0 Å². The summed E-state index contributed by atoms with van der Waals surface area (Å²) in [7, 11) is 0. The van der Waals surface area contributed by atoms with Crippen LogP contribution in [-0.4, -0.2) is 16.6 Å². The zero-order valence-electron chi connectivity index (χ0n) is 14.4. The van der Waals surface area contributed by atoms with Gasteiger partial charge in [-0.05, 0) is 74.3 Å². The Kier molecular flexibility index (Phi) is 4.86. The van der Waals surface area contributed by atoms with Gasteiger partial charge >= 0.3 is 0 Å². The molecule has 0 aliphatic heterocycles. The number of benzene rings is 2. The number of aromatic nitrogens is 1. The minimum absolute atomic E-state index is 0.666. The van der Waals surface area contributed by atoms with Crippen LogP contribution in [0.5, 0.6) is 0 Å². The van der Waals surface area contributed by atoms with Crippen molar-refractivity contribution in [3.05, 3.63) is 64.8 Å². The van der Waals surface area contributed by atoms with Crippen molar-refractivity contribution < 1.29 is 0 Å². The summed E-state index contributed by atoms with van der Waals surface area (Å²) in [6.07, 6.45) is 3.02. The Morgan fingerprint density at radius 3 is 2.62 bits per heavy atom. The van der Waals surface area contributed by atoms with Crippen molar-refractivity contribution in [2.45, 2.75) is 27.2 Å². The predicted octanol–water partition coefficient (Wildman–Crippen LogP) is 4.62. The van der Waals surface area contributed by atoms with Crippen molar-refractivity contribution in [3.63, 3.8) is 0 Å². The molecule has 3 rings (SSSR count). The molecule has 4 heteroatoms. The lowest BCUT2D eigenvalue weighted by Gasteiger charge is -2.13. The zero-order valence-corrected chi connectivity index (χ0v) is 15.2. The second kappa shape index (κ2) is 7.05. The summed E-state index contributed by atoms with van der Waals surface area (Å²) in [5.41, 5.74) is 7.26. The lowest BCUT2D eigenvalue weighted by molar-refractivity contribution is 0.878. The maximum Gasteiger partial charge on any atom is 0.170 e. The second-order valence-electron chi connectivity index (χ2n) is 6.31. The van der Waals surface area contributed by atoms with Gasteiger partial charge in [0.05, 0.1) is 0 Å². The molecule has 3 nitrogen and oxygen atoms in total. The van der Waals surface area contributed by atoms with Gasteiger partial charge in [-0.1, -0.05) is 23.8 Å². The first-order valence-electron chi connectivity index (χ1n) is 8.21. The quantitative estimate of drug-likeness (QED) is 0.608. The van der Waals surface area contributed by atoms with Crippen molar-refractivity contribution in [1.29, 1.82) is 0 Å². The Balaban J connectivity index is 1.58. The van der Waals surface area contributed by atoms with Crippen LogP contribution in [0, 0.1) is 20.8 Å². The van der Waals surface area contributed by atoms with E-state index in [1.165, 1.54) is 33.2 Å². The number of rotatable bonds is 4. The summed E-state index contributed by atoms with van der Waals surface area (Å²) in [6, 6.07) is 12.8. The number of thiocarbonyl (C=S) groups is 1. The van der Waals surface area contributed by atoms with Crippen LogP contribution in [0.15, 0.2) is 42.6 Å². The van der Waals surface area contributed by atoms with E-state index in [2.05, 4.69) is 79.0 Å². The van der Waals surface area contributed by atoms with Crippen LogP contribution >= 0.6 is 12.2 Å². The number of H-pyrrole nitrogens is 1. The molecule has 0 bridgehead atoms. The van der Waals surface area contributed by atoms with E-state index in [0.717, 1.165) is 18.7 Å². The molecule has 124 valence electrons. The molecule has 3 aromatic rings. The molecule has 0 atom stereocenters. The smallest absolute Gasteiger partial charge is 0.170 e. The Bertz CT molecular complexity index is 880. The van der Waals surface area contributed by atoms with Gasteiger partial charge < -0.3 is 15.6 Å². The first kappa shape index (κ1) is 16.5. The molecule has 2 aromatic carbocycles. The second-order valence-corrected chi connectivity index (χ2v) is 6.72. The first-order chi connectivity index (χ1) is 11.5. The third kappa shape index (κ3) is 3.77. The van der Waals surface area contributed by atoms with Gasteiger partial charge in [0.15, 0.2) is 5.11 Å². The fraction of sp³-hybridized carbons (Fsp3) is 0.250. The maximum atomic E-state index is 5.42. The molecule has 0 aliphatic carbocycles. The summed E-state index contributed by atoms with van der Waals surface area (Å²) in [6.45, 7) is 7.09. The largest absolute Gasteiger partial charge is 0.362 e. The summed E-state index contributed by atoms with van der Waals surface area (Å²) >= 11 is 5.42. The van der Waals surface area contributed by atoms with Crippen LogP contribution in [-0.2, 0) is 6.42 Å². The van der Waals surface area contributed by atoms with Crippen molar-refractivity contribution >= 4 is 33.9 Å². The molecule has 24 heavy (non-hydrogen) atoms. The van der Waals surface area contributed by atoms with Gasteiger partial charge in [0, 0.05) is 29.3 Å². The van der Waals surface area contributed by atoms with E-state index >= 15 is 0 Å². The molecule has 3 N–H and O–H groups in total. The molecule has 0 aliphatic rings. The minimum atomic E-state index is 0.666. The van der Waals surface area contributed by atoms with E-state index in [0.29, 0.717) is 5.11 Å². The van der Waals surface area contributed by atoms with Crippen LogP contribution < -0.4 is 10.6 Å². The number of aromatic amines is 1. The normalized spacial score (nSPS) is 10.8. The van der Waals surface area contributed by atoms with E-state index in [9.17, 15) is 0 Å². The average molecular weight is 337 g/mol. The zero-order chi connectivity index (χ0) is 17.1. The van der Waals surface area contributed by atoms with Gasteiger partial charge in [-0.15, -0.1) is 0 Å². The highest BCUT2D eigenvalue weighted by Crippen LogP contribution is 2.20. The van der Waals surface area contributed by atoms with Gasteiger partial charge in [0.2, 0.25) is 0 Å². The Hall–Kier alpha value is -2.33. The van der Waals surface area contributed by atoms with Crippen LogP contribution in [0.4, 0.5) is 5.69 Å². The Labute approximate surface area is 148 Å². The standard InChI is InChI=1S/C20H23N3S/c1-13-5-7-18-17(10-13)16(12-22-18)8-9-21-20(24)23-19-11-14(2)4-6-15(19)3/h4-7,10-12,22H,8-9H2,1-3H3,(H2,21,23,24). The van der Waals surface area contributed by atoms with Gasteiger partial charge in [-0.3, -0.25) is 0 Å². The summed E-state index contributed by atoms with van der Waals surface area (Å²) < 4.78 is 0. The lowest BCUT2D eigenvalue weighted by Crippen LogP contribution is -2.30. The number of aryl methyl sites for hydroxylation is 3. The van der Waals surface area contributed by atoms with Gasteiger partial charge in [-0.25, -0.2) is 0 Å². The molecule has 0 amide bonds. The van der Waals surface area contributed by atoms with Gasteiger partial charge in [-0.2, -0.15) is 0 Å². The maximum absolute atomic E-state index is 5.42. The monoisotopic (exact) mass is 337 g/mol. The van der Waals surface area contributed by atoms with E-state index < -0.39 is 0 Å². The number of nitrogens with one attached hydrogen (secondary N) is 3. The predicted molar refractivity (Wildman–Crippen MR) is 107 cm³/mol. The summed E-state index contributed by atoms with van der Waals surface area (Å²) in [5, 5.41) is 8.55. The first-order valence-corrected chi connectivity index (χ1v) is 8.62. The third-order valence-electron chi connectivity index (χ3n) is 4.24. The van der Waals surface area contributed by atoms with Crippen LogP contribution in [0.2, 0.25) is 0 Å². The molecular weight excluding hydrogens is 314 g/mol. The lowest BCUT2D eigenvalue weighted by atomic mass is 10.1. The molecule has 0 spiro atoms. The Morgan fingerprint density at radius 2 is 1.79 bits per heavy atom. The van der Waals surface area contributed by atoms with Crippen LogP contribution in [0.25, 0.3) is 10.9 Å². The summed E-state index contributed by atoms with van der Waals surface area (Å²) in [4.78, 5) is 3.33. The average Bonchev–Trinajstić information content (AvgIpc) is 2.93. The SMILES string of the molecule is Cc1ccc(C)c(NC(=S)NCCc2c[nH]c3ccc(C)cc23)c1. The molecule has 1 heterocycles. The van der Waals surface area contributed by atoms with E-state index in [1.54, 1.807) is 0 Å². The van der Waals surface area contributed by atoms with Crippen molar-refractivity contribution in [2.75, 3.05) is 11.9 Å². The molecule has 0 radical (unpaired) electrons. The van der Waals surface area contributed by atoms with Gasteiger partial charge in [0.25, 0.3) is 0 Å². The van der Waals surface area contributed by atoms with E-state index in [4.69, 9.17) is 12.2 Å². The number of anilines is 1. The summed E-state index contributed by atoms with van der Waals surface area (Å²) in [5.74, 6) is 0. The number of fused-ring (bicyclic) bond motifs is 1. The Morgan fingerprint density at radius 1 is 1.04 bits per heavy atom. The molecule has 0 fully saturated rings. The molecular formula is C20H23N3S. The molecule has 1 aromatic heterocycles.